The number of phenols is 1. The third-order valence-electron chi connectivity index (χ3n) is 4.67. The number of carboxylic acid groups (broad SMARTS) is 1. The summed E-state index contributed by atoms with van der Waals surface area (Å²) in [5.41, 5.74) is 0.584. The third kappa shape index (κ3) is 3.77. The molecule has 1 amide bonds. The summed E-state index contributed by atoms with van der Waals surface area (Å²) in [7, 11) is 1.35. The Kier molecular flexibility index (Phi) is 5.54. The standard InChI is InChI=1S/C21H19NO7/c1-29-15-11-13(7-8-14(15)23)18-17(19(26)12-5-3-2-4-6-12)20(27)21(28)22(18)10-9-16(24)25/h2-8,11,18,23,26H,9-10H2,1H3,(H,24,25)/b19-17+. The predicted molar refractivity (Wildman–Crippen MR) is 102 cm³/mol. The maximum atomic E-state index is 12.7. The van der Waals surface area contributed by atoms with Crippen molar-refractivity contribution in [2.75, 3.05) is 13.7 Å². The molecular weight excluding hydrogens is 378 g/mol. The average Bonchev–Trinajstić information content (AvgIpc) is 2.97. The van der Waals surface area contributed by atoms with E-state index in [0.717, 1.165) is 4.90 Å². The van der Waals surface area contributed by atoms with Crippen LogP contribution in [0.5, 0.6) is 11.5 Å². The van der Waals surface area contributed by atoms with Crippen LogP contribution in [0.3, 0.4) is 0 Å². The van der Waals surface area contributed by atoms with Crippen molar-refractivity contribution in [3.63, 3.8) is 0 Å². The minimum absolute atomic E-state index is 0.117. The first-order valence-corrected chi connectivity index (χ1v) is 8.77. The van der Waals surface area contributed by atoms with Crippen LogP contribution in [0.15, 0.2) is 54.1 Å². The van der Waals surface area contributed by atoms with E-state index in [0.29, 0.717) is 11.1 Å². The number of rotatable bonds is 6. The molecule has 8 heteroatoms. The minimum Gasteiger partial charge on any atom is -0.507 e. The summed E-state index contributed by atoms with van der Waals surface area (Å²) in [5.74, 6) is -3.32. The molecular formula is C21H19NO7. The summed E-state index contributed by atoms with van der Waals surface area (Å²) < 4.78 is 5.10. The molecule has 8 nitrogen and oxygen atoms in total. The number of aliphatic carboxylic acids is 1. The number of ketones is 1. The molecule has 1 aliphatic rings. The zero-order chi connectivity index (χ0) is 21.1. The van der Waals surface area contributed by atoms with Gasteiger partial charge in [0, 0.05) is 12.1 Å². The van der Waals surface area contributed by atoms with Gasteiger partial charge in [0.05, 0.1) is 25.1 Å². The predicted octanol–water partition coefficient (Wildman–Crippen LogP) is 2.30. The number of benzene rings is 2. The molecule has 29 heavy (non-hydrogen) atoms. The number of carbonyl (C=O) groups is 3. The van der Waals surface area contributed by atoms with E-state index >= 15 is 0 Å². The molecule has 2 aromatic rings. The lowest BCUT2D eigenvalue weighted by atomic mass is 9.95. The third-order valence-corrected chi connectivity index (χ3v) is 4.67. The minimum atomic E-state index is -1.13. The van der Waals surface area contributed by atoms with Crippen molar-refractivity contribution < 1.29 is 34.4 Å². The lowest BCUT2D eigenvalue weighted by Crippen LogP contribution is -2.31. The molecule has 0 aliphatic carbocycles. The Balaban J connectivity index is 2.18. The van der Waals surface area contributed by atoms with Crippen LogP contribution in [0.25, 0.3) is 5.76 Å². The Morgan fingerprint density at radius 3 is 2.41 bits per heavy atom. The Hall–Kier alpha value is -3.81. The summed E-state index contributed by atoms with van der Waals surface area (Å²) in [6.07, 6.45) is -0.371. The van der Waals surface area contributed by atoms with Gasteiger partial charge in [0.25, 0.3) is 11.7 Å². The number of nitrogens with zero attached hydrogens (tertiary/aromatic N) is 1. The van der Waals surface area contributed by atoms with E-state index in [1.165, 1.54) is 25.3 Å². The Morgan fingerprint density at radius 1 is 1.10 bits per heavy atom. The molecule has 1 heterocycles. The number of carboxylic acids is 1. The maximum absolute atomic E-state index is 12.7. The molecule has 1 aliphatic heterocycles. The van der Waals surface area contributed by atoms with Crippen LogP contribution < -0.4 is 4.74 Å². The highest BCUT2D eigenvalue weighted by Crippen LogP contribution is 2.41. The van der Waals surface area contributed by atoms with Crippen LogP contribution >= 0.6 is 0 Å². The van der Waals surface area contributed by atoms with Crippen LogP contribution in [0.2, 0.25) is 0 Å². The quantitative estimate of drug-likeness (QED) is 0.388. The van der Waals surface area contributed by atoms with Crippen LogP contribution in [0.4, 0.5) is 0 Å². The number of likely N-dealkylation sites (tertiary alicyclic amines) is 1. The van der Waals surface area contributed by atoms with Crippen molar-refractivity contribution in [2.24, 2.45) is 0 Å². The molecule has 1 saturated heterocycles. The number of carbonyl (C=O) groups excluding carboxylic acids is 2. The molecule has 3 rings (SSSR count). The van der Waals surface area contributed by atoms with Gasteiger partial charge in [0.2, 0.25) is 0 Å². The number of hydrogen-bond donors (Lipinski definition) is 3. The highest BCUT2D eigenvalue weighted by Gasteiger charge is 2.46. The summed E-state index contributed by atoms with van der Waals surface area (Å²) in [4.78, 5) is 37.5. The van der Waals surface area contributed by atoms with Gasteiger partial charge in [-0.05, 0) is 17.7 Å². The zero-order valence-corrected chi connectivity index (χ0v) is 15.5. The number of phenolic OH excluding ortho intramolecular Hbond substituents is 1. The summed E-state index contributed by atoms with van der Waals surface area (Å²) in [6, 6.07) is 11.5. The topological polar surface area (TPSA) is 124 Å². The molecule has 0 bridgehead atoms. The fraction of sp³-hybridized carbons (Fsp3) is 0.190. The molecule has 1 atom stereocenters. The van der Waals surface area contributed by atoms with Gasteiger partial charge < -0.3 is 25.0 Å². The Bertz CT molecular complexity index is 997. The fourth-order valence-electron chi connectivity index (χ4n) is 3.29. The van der Waals surface area contributed by atoms with Crippen molar-refractivity contribution in [3.05, 3.63) is 65.2 Å². The second-order valence-corrected chi connectivity index (χ2v) is 6.43. The van der Waals surface area contributed by atoms with Crippen LogP contribution in [0, 0.1) is 0 Å². The second-order valence-electron chi connectivity index (χ2n) is 6.43. The second kappa shape index (κ2) is 8.05. The summed E-state index contributed by atoms with van der Waals surface area (Å²) in [5, 5.41) is 29.7. The van der Waals surface area contributed by atoms with Crippen molar-refractivity contribution >= 4 is 23.4 Å². The van der Waals surface area contributed by atoms with Crippen LogP contribution in [-0.4, -0.2) is 51.5 Å². The van der Waals surface area contributed by atoms with Crippen LogP contribution in [0.1, 0.15) is 23.6 Å². The molecule has 2 aromatic carbocycles. The van der Waals surface area contributed by atoms with E-state index in [1.807, 2.05) is 0 Å². The lowest BCUT2D eigenvalue weighted by molar-refractivity contribution is -0.142. The Labute approximate surface area is 166 Å². The molecule has 0 saturated carbocycles. The maximum Gasteiger partial charge on any atom is 0.305 e. The summed E-state index contributed by atoms with van der Waals surface area (Å²) >= 11 is 0. The molecule has 0 spiro atoms. The number of hydrogen-bond acceptors (Lipinski definition) is 6. The van der Waals surface area contributed by atoms with Crippen molar-refractivity contribution in [2.45, 2.75) is 12.5 Å². The number of aromatic hydroxyl groups is 1. The molecule has 150 valence electrons. The molecule has 0 aromatic heterocycles. The zero-order valence-electron chi connectivity index (χ0n) is 15.5. The number of amides is 1. The van der Waals surface area contributed by atoms with Gasteiger partial charge in [0.1, 0.15) is 5.76 Å². The van der Waals surface area contributed by atoms with E-state index in [1.54, 1.807) is 30.3 Å². The van der Waals surface area contributed by atoms with Gasteiger partial charge in [0.15, 0.2) is 11.5 Å². The first-order chi connectivity index (χ1) is 13.8. The van der Waals surface area contributed by atoms with Gasteiger partial charge in [-0.2, -0.15) is 0 Å². The smallest absolute Gasteiger partial charge is 0.305 e. The number of aliphatic hydroxyl groups excluding tert-OH is 1. The lowest BCUT2D eigenvalue weighted by Gasteiger charge is -2.25. The van der Waals surface area contributed by atoms with E-state index in [9.17, 15) is 24.6 Å². The van der Waals surface area contributed by atoms with E-state index in [4.69, 9.17) is 9.84 Å². The van der Waals surface area contributed by atoms with Gasteiger partial charge >= 0.3 is 5.97 Å². The first kappa shape index (κ1) is 19.9. The SMILES string of the molecule is COc1cc(C2/C(=C(\O)c3ccccc3)C(=O)C(=O)N2CCC(=O)O)ccc1O. The van der Waals surface area contributed by atoms with E-state index in [-0.39, 0.29) is 35.8 Å². The number of aliphatic hydroxyl groups is 1. The van der Waals surface area contributed by atoms with Crippen LogP contribution in [-0.2, 0) is 14.4 Å². The highest BCUT2D eigenvalue weighted by atomic mass is 16.5. The normalized spacial score (nSPS) is 18.1. The fourth-order valence-corrected chi connectivity index (χ4v) is 3.29. The molecule has 0 radical (unpaired) electrons. The number of ether oxygens (including phenoxy) is 1. The first-order valence-electron chi connectivity index (χ1n) is 8.77. The molecule has 1 fully saturated rings. The monoisotopic (exact) mass is 397 g/mol. The molecule has 3 N–H and O–H groups in total. The highest BCUT2D eigenvalue weighted by molar-refractivity contribution is 6.46. The average molecular weight is 397 g/mol. The summed E-state index contributed by atoms with van der Waals surface area (Å²) in [6.45, 7) is -0.223. The van der Waals surface area contributed by atoms with E-state index < -0.39 is 23.7 Å². The van der Waals surface area contributed by atoms with Crippen molar-refractivity contribution in [3.8, 4) is 11.5 Å². The van der Waals surface area contributed by atoms with Gasteiger partial charge in [-0.3, -0.25) is 14.4 Å². The molecule has 1 unspecified atom stereocenters. The van der Waals surface area contributed by atoms with Gasteiger partial charge in [-0.15, -0.1) is 0 Å². The number of methoxy groups -OCH3 is 1. The van der Waals surface area contributed by atoms with Gasteiger partial charge in [-0.1, -0.05) is 36.4 Å². The van der Waals surface area contributed by atoms with Crippen molar-refractivity contribution in [1.82, 2.24) is 4.90 Å². The Morgan fingerprint density at radius 2 is 1.79 bits per heavy atom. The van der Waals surface area contributed by atoms with E-state index in [2.05, 4.69) is 0 Å². The van der Waals surface area contributed by atoms with Gasteiger partial charge in [-0.25, -0.2) is 0 Å². The van der Waals surface area contributed by atoms with Crippen molar-refractivity contribution in [1.29, 1.82) is 0 Å². The largest absolute Gasteiger partial charge is 0.507 e. The number of Topliss-reactive ketones (excluding diaryl/α,β-unsaturated/α-hetero) is 1.